The lowest BCUT2D eigenvalue weighted by atomic mass is 10.3. The Balaban J connectivity index is 1.65. The molecule has 0 saturated carbocycles. The molecule has 0 radical (unpaired) electrons. The molecule has 0 aromatic carbocycles. The fourth-order valence-corrected chi connectivity index (χ4v) is 4.14. The van der Waals surface area contributed by atoms with Crippen LogP contribution in [0.2, 0.25) is 0 Å². The van der Waals surface area contributed by atoms with E-state index in [2.05, 4.69) is 5.10 Å². The van der Waals surface area contributed by atoms with E-state index in [9.17, 15) is 13.2 Å². The highest BCUT2D eigenvalue weighted by atomic mass is 32.2. The molecule has 0 N–H and O–H groups in total. The number of carbonyl (C=O) groups excluding carboxylic acids is 1. The minimum absolute atomic E-state index is 0.156. The molecule has 0 bridgehead atoms. The average Bonchev–Trinajstić information content (AvgIpc) is 3.19. The maximum atomic E-state index is 12.7. The van der Waals surface area contributed by atoms with Crippen molar-refractivity contribution in [1.82, 2.24) is 19.0 Å². The summed E-state index contributed by atoms with van der Waals surface area (Å²) in [4.78, 5) is 14.1. The zero-order valence-electron chi connectivity index (χ0n) is 13.9. The van der Waals surface area contributed by atoms with E-state index in [0.29, 0.717) is 31.8 Å². The van der Waals surface area contributed by atoms with Crippen LogP contribution in [-0.4, -0.2) is 59.5 Å². The molecule has 3 heterocycles. The topological polar surface area (TPSA) is 88.7 Å². The van der Waals surface area contributed by atoms with Gasteiger partial charge in [-0.05, 0) is 24.6 Å². The molecule has 9 heteroatoms. The third kappa shape index (κ3) is 3.99. The van der Waals surface area contributed by atoms with Crippen molar-refractivity contribution in [2.45, 2.75) is 11.3 Å². The van der Waals surface area contributed by atoms with Crippen LogP contribution in [0, 0.1) is 0 Å². The SMILES string of the molecule is Cn1cc(S(=O)(=O)N2CCCN(C(=O)/C=C/c3ccco3)CC2)cn1. The Labute approximate surface area is 146 Å². The molecule has 1 aliphatic rings. The predicted molar refractivity (Wildman–Crippen MR) is 90.9 cm³/mol. The molecule has 0 aliphatic carbocycles. The van der Waals surface area contributed by atoms with Crippen molar-refractivity contribution in [2.24, 2.45) is 7.05 Å². The third-order valence-corrected chi connectivity index (χ3v) is 5.87. The van der Waals surface area contributed by atoms with Crippen LogP contribution in [0.5, 0.6) is 0 Å². The van der Waals surface area contributed by atoms with Crippen LogP contribution in [0.25, 0.3) is 6.08 Å². The number of hydrogen-bond donors (Lipinski definition) is 0. The van der Waals surface area contributed by atoms with Crippen LogP contribution < -0.4 is 0 Å². The van der Waals surface area contributed by atoms with Crippen molar-refractivity contribution < 1.29 is 17.6 Å². The number of nitrogens with zero attached hydrogens (tertiary/aromatic N) is 4. The van der Waals surface area contributed by atoms with Gasteiger partial charge in [-0.1, -0.05) is 0 Å². The summed E-state index contributed by atoms with van der Waals surface area (Å²) >= 11 is 0. The maximum absolute atomic E-state index is 12.7. The summed E-state index contributed by atoms with van der Waals surface area (Å²) in [6.45, 7) is 1.50. The van der Waals surface area contributed by atoms with Gasteiger partial charge in [0.25, 0.3) is 0 Å². The smallest absolute Gasteiger partial charge is 0.246 e. The molecule has 1 saturated heterocycles. The van der Waals surface area contributed by atoms with Crippen LogP contribution in [0.1, 0.15) is 12.2 Å². The maximum Gasteiger partial charge on any atom is 0.246 e. The quantitative estimate of drug-likeness (QED) is 0.754. The van der Waals surface area contributed by atoms with Gasteiger partial charge in [0.15, 0.2) is 0 Å². The number of amides is 1. The summed E-state index contributed by atoms with van der Waals surface area (Å²) in [7, 11) is -1.91. The van der Waals surface area contributed by atoms with Crippen LogP contribution in [0.3, 0.4) is 0 Å². The van der Waals surface area contributed by atoms with Gasteiger partial charge >= 0.3 is 0 Å². The van der Waals surface area contributed by atoms with E-state index in [1.807, 2.05) is 0 Å². The van der Waals surface area contributed by atoms with Crippen LogP contribution in [-0.2, 0) is 21.9 Å². The van der Waals surface area contributed by atoms with Gasteiger partial charge in [0, 0.05) is 45.5 Å². The van der Waals surface area contributed by atoms with Gasteiger partial charge in [0.05, 0.1) is 12.5 Å². The molecule has 0 spiro atoms. The summed E-state index contributed by atoms with van der Waals surface area (Å²) in [6, 6.07) is 3.51. The Morgan fingerprint density at radius 1 is 1.28 bits per heavy atom. The summed E-state index contributed by atoms with van der Waals surface area (Å²) in [5.41, 5.74) is 0. The summed E-state index contributed by atoms with van der Waals surface area (Å²) in [5, 5.41) is 3.92. The van der Waals surface area contributed by atoms with Crippen LogP contribution in [0.4, 0.5) is 0 Å². The number of aryl methyl sites for hydroxylation is 1. The number of aromatic nitrogens is 2. The molecule has 0 atom stereocenters. The first-order chi connectivity index (χ1) is 12.0. The standard InChI is InChI=1S/C16H20N4O4S/c1-18-13-15(12-17-18)25(22,23)20-8-3-7-19(9-10-20)16(21)6-5-14-4-2-11-24-14/h2,4-6,11-13H,3,7-10H2,1H3/b6-5+. The third-order valence-electron chi connectivity index (χ3n) is 4.02. The first-order valence-electron chi connectivity index (χ1n) is 7.96. The van der Waals surface area contributed by atoms with Gasteiger partial charge in [0.2, 0.25) is 15.9 Å². The van der Waals surface area contributed by atoms with Gasteiger partial charge in [-0.2, -0.15) is 9.40 Å². The highest BCUT2D eigenvalue weighted by Gasteiger charge is 2.28. The van der Waals surface area contributed by atoms with Crippen molar-refractivity contribution in [3.8, 4) is 0 Å². The molecule has 3 rings (SSSR count). The number of hydrogen-bond acceptors (Lipinski definition) is 5. The van der Waals surface area contributed by atoms with Gasteiger partial charge in [-0.25, -0.2) is 8.42 Å². The number of sulfonamides is 1. The molecule has 25 heavy (non-hydrogen) atoms. The van der Waals surface area contributed by atoms with Crippen molar-refractivity contribution in [3.05, 3.63) is 42.6 Å². The number of furan rings is 1. The highest BCUT2D eigenvalue weighted by molar-refractivity contribution is 7.89. The molecule has 2 aromatic heterocycles. The van der Waals surface area contributed by atoms with Crippen LogP contribution in [0.15, 0.2) is 46.2 Å². The second-order valence-corrected chi connectivity index (χ2v) is 7.72. The molecule has 2 aromatic rings. The molecule has 8 nitrogen and oxygen atoms in total. The van der Waals surface area contributed by atoms with E-state index in [1.165, 1.54) is 33.7 Å². The van der Waals surface area contributed by atoms with E-state index < -0.39 is 10.0 Å². The van der Waals surface area contributed by atoms with E-state index in [4.69, 9.17) is 4.42 Å². The Kier molecular flexibility index (Phi) is 5.05. The summed E-state index contributed by atoms with van der Waals surface area (Å²) < 4.78 is 33.3. The van der Waals surface area contributed by atoms with Crippen molar-refractivity contribution >= 4 is 22.0 Å². The van der Waals surface area contributed by atoms with Crippen molar-refractivity contribution in [3.63, 3.8) is 0 Å². The molecule has 0 unspecified atom stereocenters. The van der Waals surface area contributed by atoms with E-state index in [1.54, 1.807) is 30.2 Å². The molecular weight excluding hydrogens is 344 g/mol. The summed E-state index contributed by atoms with van der Waals surface area (Å²) in [6.07, 6.45) is 8.00. The van der Waals surface area contributed by atoms with Gasteiger partial charge in [-0.3, -0.25) is 9.48 Å². The van der Waals surface area contributed by atoms with Gasteiger partial charge in [0.1, 0.15) is 10.7 Å². The zero-order chi connectivity index (χ0) is 17.9. The van der Waals surface area contributed by atoms with Gasteiger partial charge in [-0.15, -0.1) is 0 Å². The van der Waals surface area contributed by atoms with E-state index in [0.717, 1.165) is 0 Å². The Bertz CT molecular complexity index is 855. The lowest BCUT2D eigenvalue weighted by Gasteiger charge is -2.20. The second kappa shape index (κ2) is 7.24. The first kappa shape index (κ1) is 17.4. The first-order valence-corrected chi connectivity index (χ1v) is 9.40. The number of carbonyl (C=O) groups is 1. The Hall–Kier alpha value is -2.39. The molecule has 1 aliphatic heterocycles. The molecule has 134 valence electrons. The minimum atomic E-state index is -3.58. The Morgan fingerprint density at radius 2 is 2.12 bits per heavy atom. The average molecular weight is 364 g/mol. The predicted octanol–water partition coefficient (Wildman–Crippen LogP) is 0.949. The summed E-state index contributed by atoms with van der Waals surface area (Å²) in [5.74, 6) is 0.445. The van der Waals surface area contributed by atoms with Crippen LogP contribution >= 0.6 is 0 Å². The normalized spacial score (nSPS) is 17.1. The molecule has 1 fully saturated rings. The Morgan fingerprint density at radius 3 is 2.80 bits per heavy atom. The minimum Gasteiger partial charge on any atom is -0.465 e. The fourth-order valence-electron chi connectivity index (χ4n) is 2.68. The zero-order valence-corrected chi connectivity index (χ0v) is 14.7. The van der Waals surface area contributed by atoms with Crippen molar-refractivity contribution in [1.29, 1.82) is 0 Å². The monoisotopic (exact) mass is 364 g/mol. The molecule has 1 amide bonds. The molecular formula is C16H20N4O4S. The van der Waals surface area contributed by atoms with E-state index in [-0.39, 0.29) is 17.3 Å². The van der Waals surface area contributed by atoms with Crippen molar-refractivity contribution in [2.75, 3.05) is 26.2 Å². The lowest BCUT2D eigenvalue weighted by molar-refractivity contribution is -0.125. The number of rotatable bonds is 4. The largest absolute Gasteiger partial charge is 0.465 e. The van der Waals surface area contributed by atoms with Gasteiger partial charge < -0.3 is 9.32 Å². The fraction of sp³-hybridized carbons (Fsp3) is 0.375. The second-order valence-electron chi connectivity index (χ2n) is 5.78. The van der Waals surface area contributed by atoms with E-state index >= 15 is 0 Å². The highest BCUT2D eigenvalue weighted by Crippen LogP contribution is 2.17. The lowest BCUT2D eigenvalue weighted by Crippen LogP contribution is -2.36.